The van der Waals surface area contributed by atoms with Gasteiger partial charge in [-0.1, -0.05) is 0 Å². The smallest absolute Gasteiger partial charge is 0.132 e. The second kappa shape index (κ2) is 8.43. The first kappa shape index (κ1) is 20.2. The van der Waals surface area contributed by atoms with Crippen LogP contribution in [0.2, 0.25) is 0 Å². The summed E-state index contributed by atoms with van der Waals surface area (Å²) >= 11 is 0. The number of fused-ring (bicyclic) bond motifs is 1. The molecule has 1 aromatic carbocycles. The Morgan fingerprint density at radius 2 is 1.97 bits per heavy atom. The summed E-state index contributed by atoms with van der Waals surface area (Å²) in [4.78, 5) is 11.3. The SMILES string of the molecule is COCCOC1CCN(c2cc(-c3n[nH]c4ccc(OC5(C)CC5)cc34)ncn2)CC1. The van der Waals surface area contributed by atoms with Crippen molar-refractivity contribution in [2.24, 2.45) is 0 Å². The normalized spacial score (nSPS) is 18.5. The van der Waals surface area contributed by atoms with Gasteiger partial charge in [-0.3, -0.25) is 5.10 Å². The molecule has 0 bridgehead atoms. The maximum Gasteiger partial charge on any atom is 0.132 e. The molecule has 1 N–H and O–H groups in total. The zero-order valence-electron chi connectivity index (χ0n) is 18.1. The molecule has 3 heterocycles. The summed E-state index contributed by atoms with van der Waals surface area (Å²) in [6, 6.07) is 8.10. The van der Waals surface area contributed by atoms with Crippen LogP contribution in [0.4, 0.5) is 5.82 Å². The molecule has 0 spiro atoms. The van der Waals surface area contributed by atoms with Crippen LogP contribution in [-0.2, 0) is 9.47 Å². The number of rotatable bonds is 8. The number of H-pyrrole nitrogens is 1. The number of methoxy groups -OCH3 is 1. The average molecular weight is 424 g/mol. The Hall–Kier alpha value is -2.71. The number of aromatic amines is 1. The van der Waals surface area contributed by atoms with Crippen LogP contribution in [0.5, 0.6) is 5.75 Å². The molecule has 1 saturated heterocycles. The largest absolute Gasteiger partial charge is 0.488 e. The molecular formula is C23H29N5O3. The van der Waals surface area contributed by atoms with Gasteiger partial charge in [0, 0.05) is 31.7 Å². The molecule has 2 aliphatic rings. The molecule has 0 radical (unpaired) electrons. The standard InChI is InChI=1S/C23H29N5O3/c1-23(7-8-23)31-17-3-4-19-18(13-17)22(27-26-19)20-14-21(25-15-24-20)28-9-5-16(6-10-28)30-12-11-29-2/h3-4,13-16H,5-12H2,1-2H3,(H,26,27). The average Bonchev–Trinajstić information content (AvgIpc) is 3.37. The van der Waals surface area contributed by atoms with Crippen LogP contribution in [0.1, 0.15) is 32.6 Å². The van der Waals surface area contributed by atoms with Gasteiger partial charge in [0.1, 0.15) is 29.2 Å². The molecule has 0 amide bonds. The van der Waals surface area contributed by atoms with Gasteiger partial charge in [0.2, 0.25) is 0 Å². The molecule has 31 heavy (non-hydrogen) atoms. The molecule has 164 valence electrons. The van der Waals surface area contributed by atoms with E-state index in [9.17, 15) is 0 Å². The van der Waals surface area contributed by atoms with E-state index in [0.717, 1.165) is 72.6 Å². The second-order valence-electron chi connectivity index (χ2n) is 8.64. The van der Waals surface area contributed by atoms with Gasteiger partial charge < -0.3 is 19.1 Å². The molecule has 0 atom stereocenters. The molecule has 0 unspecified atom stereocenters. The lowest BCUT2D eigenvalue weighted by atomic mass is 10.1. The van der Waals surface area contributed by atoms with Crippen molar-refractivity contribution >= 4 is 16.7 Å². The highest BCUT2D eigenvalue weighted by atomic mass is 16.5. The minimum absolute atomic E-state index is 0.0148. The summed E-state index contributed by atoms with van der Waals surface area (Å²) < 4.78 is 17.1. The Balaban J connectivity index is 1.32. The third-order valence-corrected chi connectivity index (χ3v) is 6.15. The van der Waals surface area contributed by atoms with Crippen LogP contribution in [-0.4, -0.2) is 65.3 Å². The fourth-order valence-electron chi connectivity index (χ4n) is 4.01. The van der Waals surface area contributed by atoms with Crippen LogP contribution >= 0.6 is 0 Å². The van der Waals surface area contributed by atoms with Gasteiger partial charge in [0.25, 0.3) is 0 Å². The van der Waals surface area contributed by atoms with E-state index in [2.05, 4.69) is 38.1 Å². The molecule has 1 aliphatic carbocycles. The summed E-state index contributed by atoms with van der Waals surface area (Å²) in [7, 11) is 1.70. The van der Waals surface area contributed by atoms with Crippen LogP contribution in [0.3, 0.4) is 0 Å². The fraction of sp³-hybridized carbons (Fsp3) is 0.522. The summed E-state index contributed by atoms with van der Waals surface area (Å²) in [6.07, 6.45) is 6.08. The van der Waals surface area contributed by atoms with Crippen LogP contribution in [0.15, 0.2) is 30.6 Å². The number of anilines is 1. The predicted molar refractivity (Wildman–Crippen MR) is 118 cm³/mol. The molecular weight excluding hydrogens is 394 g/mol. The topological polar surface area (TPSA) is 85.4 Å². The molecule has 8 nitrogen and oxygen atoms in total. The zero-order chi connectivity index (χ0) is 21.3. The molecule has 2 fully saturated rings. The maximum atomic E-state index is 6.14. The fourth-order valence-corrected chi connectivity index (χ4v) is 4.01. The highest BCUT2D eigenvalue weighted by Gasteiger charge is 2.40. The Bertz CT molecular complexity index is 1040. The van der Waals surface area contributed by atoms with E-state index >= 15 is 0 Å². The van der Waals surface area contributed by atoms with Crippen molar-refractivity contribution in [2.75, 3.05) is 38.3 Å². The predicted octanol–water partition coefficient (Wildman–Crippen LogP) is 3.58. The lowest BCUT2D eigenvalue weighted by molar-refractivity contribution is 0.00604. The van der Waals surface area contributed by atoms with E-state index in [1.165, 1.54) is 0 Å². The number of piperidine rings is 1. The summed E-state index contributed by atoms with van der Waals surface area (Å²) in [5.41, 5.74) is 2.59. The summed E-state index contributed by atoms with van der Waals surface area (Å²) in [5.74, 6) is 1.80. The Labute approximate surface area is 181 Å². The van der Waals surface area contributed by atoms with Gasteiger partial charge in [0.15, 0.2) is 0 Å². The number of nitrogens with one attached hydrogen (secondary N) is 1. The Morgan fingerprint density at radius 1 is 1.13 bits per heavy atom. The van der Waals surface area contributed by atoms with E-state index < -0.39 is 0 Å². The monoisotopic (exact) mass is 423 g/mol. The van der Waals surface area contributed by atoms with Crippen molar-refractivity contribution in [2.45, 2.75) is 44.3 Å². The molecule has 5 rings (SSSR count). The first-order chi connectivity index (χ1) is 15.1. The lowest BCUT2D eigenvalue weighted by Gasteiger charge is -2.32. The van der Waals surface area contributed by atoms with Gasteiger partial charge in [-0.15, -0.1) is 0 Å². The maximum absolute atomic E-state index is 6.14. The number of aromatic nitrogens is 4. The first-order valence-corrected chi connectivity index (χ1v) is 11.0. The van der Waals surface area contributed by atoms with Crippen molar-refractivity contribution in [3.05, 3.63) is 30.6 Å². The Kier molecular flexibility index (Phi) is 5.50. The third kappa shape index (κ3) is 4.50. The summed E-state index contributed by atoms with van der Waals surface area (Å²) in [6.45, 7) is 5.25. The van der Waals surface area contributed by atoms with E-state index in [-0.39, 0.29) is 11.7 Å². The van der Waals surface area contributed by atoms with Crippen LogP contribution < -0.4 is 9.64 Å². The van der Waals surface area contributed by atoms with E-state index in [1.54, 1.807) is 13.4 Å². The minimum atomic E-state index is -0.0148. The van der Waals surface area contributed by atoms with E-state index in [0.29, 0.717) is 13.2 Å². The first-order valence-electron chi connectivity index (χ1n) is 11.0. The molecule has 2 aromatic heterocycles. The van der Waals surface area contributed by atoms with Gasteiger partial charge >= 0.3 is 0 Å². The van der Waals surface area contributed by atoms with Crippen molar-refractivity contribution in [1.82, 2.24) is 20.2 Å². The van der Waals surface area contributed by atoms with Gasteiger partial charge in [-0.25, -0.2) is 9.97 Å². The van der Waals surface area contributed by atoms with Crippen molar-refractivity contribution in [1.29, 1.82) is 0 Å². The second-order valence-corrected chi connectivity index (χ2v) is 8.64. The lowest BCUT2D eigenvalue weighted by Crippen LogP contribution is -2.37. The van der Waals surface area contributed by atoms with Crippen molar-refractivity contribution in [3.8, 4) is 17.1 Å². The molecule has 1 saturated carbocycles. The van der Waals surface area contributed by atoms with E-state index in [1.807, 2.05) is 18.2 Å². The van der Waals surface area contributed by atoms with E-state index in [4.69, 9.17) is 14.2 Å². The quantitative estimate of drug-likeness (QED) is 0.554. The van der Waals surface area contributed by atoms with Crippen molar-refractivity contribution in [3.63, 3.8) is 0 Å². The van der Waals surface area contributed by atoms with Gasteiger partial charge in [0.05, 0.1) is 30.5 Å². The number of ether oxygens (including phenoxy) is 3. The number of nitrogens with zero attached hydrogens (tertiary/aromatic N) is 4. The molecule has 8 heteroatoms. The zero-order valence-corrected chi connectivity index (χ0v) is 18.1. The molecule has 1 aliphatic heterocycles. The highest BCUT2D eigenvalue weighted by molar-refractivity contribution is 5.93. The summed E-state index contributed by atoms with van der Waals surface area (Å²) in [5, 5.41) is 8.66. The highest BCUT2D eigenvalue weighted by Crippen LogP contribution is 2.40. The third-order valence-electron chi connectivity index (χ3n) is 6.15. The number of hydrogen-bond acceptors (Lipinski definition) is 7. The Morgan fingerprint density at radius 3 is 2.74 bits per heavy atom. The number of hydrogen-bond donors (Lipinski definition) is 1. The number of benzene rings is 1. The van der Waals surface area contributed by atoms with Gasteiger partial charge in [-0.2, -0.15) is 5.10 Å². The van der Waals surface area contributed by atoms with Crippen LogP contribution in [0, 0.1) is 0 Å². The molecule has 3 aromatic rings. The van der Waals surface area contributed by atoms with Gasteiger partial charge in [-0.05, 0) is 50.8 Å². The van der Waals surface area contributed by atoms with Crippen molar-refractivity contribution < 1.29 is 14.2 Å². The minimum Gasteiger partial charge on any atom is -0.488 e. The van der Waals surface area contributed by atoms with Crippen LogP contribution in [0.25, 0.3) is 22.3 Å².